The number of benzene rings is 1. The first-order valence-electron chi connectivity index (χ1n) is 7.89. The third kappa shape index (κ3) is 3.04. The van der Waals surface area contributed by atoms with Gasteiger partial charge in [0.15, 0.2) is 5.58 Å². The van der Waals surface area contributed by atoms with Gasteiger partial charge in [-0.2, -0.15) is 0 Å². The smallest absolute Gasteiger partial charge is 0.215 e. The number of nitrogens with two attached hydrogens (primary N) is 1. The fourth-order valence-electron chi connectivity index (χ4n) is 2.97. The van der Waals surface area contributed by atoms with Crippen molar-refractivity contribution >= 4 is 45.7 Å². The Morgan fingerprint density at radius 2 is 2.12 bits per heavy atom. The van der Waals surface area contributed by atoms with E-state index < -0.39 is 5.79 Å². The average Bonchev–Trinajstić information content (AvgIpc) is 2.90. The van der Waals surface area contributed by atoms with Crippen molar-refractivity contribution in [2.24, 2.45) is 0 Å². The number of alkyl halides is 1. The number of nitrogen functional groups attached to an aromatic ring is 1. The number of hydrogen-bond acceptors (Lipinski definition) is 4. The summed E-state index contributed by atoms with van der Waals surface area (Å²) in [5, 5.41) is 4.44. The molecule has 3 aromatic rings. The second-order valence-corrected chi connectivity index (χ2v) is 6.95. The van der Waals surface area contributed by atoms with E-state index in [0.29, 0.717) is 32.4 Å². The van der Waals surface area contributed by atoms with Crippen molar-refractivity contribution in [3.8, 4) is 11.3 Å². The van der Waals surface area contributed by atoms with E-state index in [9.17, 15) is 0 Å². The number of rotatable bonds is 3. The molecule has 2 aromatic heterocycles. The Bertz CT molecular complexity index is 1060. The van der Waals surface area contributed by atoms with Gasteiger partial charge in [0.2, 0.25) is 11.7 Å². The number of anilines is 2. The summed E-state index contributed by atoms with van der Waals surface area (Å²) >= 11 is 12.0. The Kier molecular flexibility index (Phi) is 4.13. The molecule has 0 radical (unpaired) electrons. The maximum absolute atomic E-state index is 15.1. The standard InChI is InChI=1S/C19H14Cl2FN3O/c20-12-4-1-3-11(9-12)15-17-14(6-8-24-15)16(18(23)26-17)25-19(22)7-2-5-13(21)10-19/h1-9,25H,10,23H2. The van der Waals surface area contributed by atoms with E-state index in [1.54, 1.807) is 36.5 Å². The summed E-state index contributed by atoms with van der Waals surface area (Å²) in [6, 6.07) is 8.96. The number of furan rings is 1. The van der Waals surface area contributed by atoms with Crippen LogP contribution < -0.4 is 11.1 Å². The third-order valence-corrected chi connectivity index (χ3v) is 4.62. The molecule has 1 atom stereocenters. The van der Waals surface area contributed by atoms with Gasteiger partial charge in [0.05, 0.1) is 0 Å². The largest absolute Gasteiger partial charge is 0.436 e. The van der Waals surface area contributed by atoms with Gasteiger partial charge < -0.3 is 15.5 Å². The first-order chi connectivity index (χ1) is 12.5. The summed E-state index contributed by atoms with van der Waals surface area (Å²) < 4.78 is 20.8. The fourth-order valence-corrected chi connectivity index (χ4v) is 3.43. The number of allylic oxidation sites excluding steroid dienone is 2. The summed E-state index contributed by atoms with van der Waals surface area (Å²) in [4.78, 5) is 4.38. The lowest BCUT2D eigenvalue weighted by molar-refractivity contribution is 0.270. The molecule has 0 aliphatic heterocycles. The molecular weight excluding hydrogens is 376 g/mol. The Labute approximate surface area is 159 Å². The highest BCUT2D eigenvalue weighted by molar-refractivity contribution is 6.31. The second-order valence-electron chi connectivity index (χ2n) is 6.02. The molecule has 0 amide bonds. The summed E-state index contributed by atoms with van der Waals surface area (Å²) in [5.74, 6) is -1.77. The second kappa shape index (κ2) is 6.34. The van der Waals surface area contributed by atoms with Gasteiger partial charge in [0.1, 0.15) is 11.4 Å². The maximum atomic E-state index is 15.1. The van der Waals surface area contributed by atoms with E-state index in [-0.39, 0.29) is 12.3 Å². The van der Waals surface area contributed by atoms with Crippen molar-refractivity contribution < 1.29 is 8.81 Å². The van der Waals surface area contributed by atoms with Crippen LogP contribution in [-0.4, -0.2) is 10.8 Å². The number of halogens is 3. The Morgan fingerprint density at radius 1 is 1.27 bits per heavy atom. The van der Waals surface area contributed by atoms with Gasteiger partial charge >= 0.3 is 0 Å². The first-order valence-corrected chi connectivity index (χ1v) is 8.65. The molecule has 132 valence electrons. The van der Waals surface area contributed by atoms with Gasteiger partial charge in [-0.25, -0.2) is 4.39 Å². The number of aromatic nitrogens is 1. The zero-order chi connectivity index (χ0) is 18.3. The van der Waals surface area contributed by atoms with Crippen molar-refractivity contribution in [2.45, 2.75) is 12.2 Å². The summed E-state index contributed by atoms with van der Waals surface area (Å²) in [7, 11) is 0. The molecular formula is C19H14Cl2FN3O. The van der Waals surface area contributed by atoms with Crippen molar-refractivity contribution in [2.75, 3.05) is 11.1 Å². The molecule has 1 aliphatic rings. The molecule has 4 rings (SSSR count). The minimum Gasteiger partial charge on any atom is -0.436 e. The predicted octanol–water partition coefficient (Wildman–Crippen LogP) is 5.89. The lowest BCUT2D eigenvalue weighted by Gasteiger charge is -2.25. The van der Waals surface area contributed by atoms with Crippen molar-refractivity contribution in [3.05, 3.63) is 64.8 Å². The molecule has 0 saturated heterocycles. The summed E-state index contributed by atoms with van der Waals surface area (Å²) in [6.07, 6.45) is 6.24. The van der Waals surface area contributed by atoms with Gasteiger partial charge in [0.25, 0.3) is 0 Å². The molecule has 1 aromatic carbocycles. The lowest BCUT2D eigenvalue weighted by Crippen LogP contribution is -2.32. The van der Waals surface area contributed by atoms with E-state index in [2.05, 4.69) is 10.3 Å². The highest BCUT2D eigenvalue weighted by atomic mass is 35.5. The third-order valence-electron chi connectivity index (χ3n) is 4.13. The highest BCUT2D eigenvalue weighted by Crippen LogP contribution is 2.41. The quantitative estimate of drug-likeness (QED) is 0.548. The fraction of sp³-hybridized carbons (Fsp3) is 0.105. The lowest BCUT2D eigenvalue weighted by atomic mass is 10.0. The Balaban J connectivity index is 1.81. The van der Waals surface area contributed by atoms with Gasteiger partial charge in [-0.1, -0.05) is 41.4 Å². The minimum absolute atomic E-state index is 0.00338. The SMILES string of the molecule is Nc1oc2c(-c3cccc(Cl)c3)nccc2c1NC1(F)C=CC=C(Cl)C1. The van der Waals surface area contributed by atoms with E-state index in [1.807, 2.05) is 12.1 Å². The van der Waals surface area contributed by atoms with Gasteiger partial charge in [-0.3, -0.25) is 4.98 Å². The van der Waals surface area contributed by atoms with E-state index in [0.717, 1.165) is 5.56 Å². The van der Waals surface area contributed by atoms with Crippen LogP contribution in [0.3, 0.4) is 0 Å². The van der Waals surface area contributed by atoms with Crippen LogP contribution in [0.4, 0.5) is 16.0 Å². The molecule has 26 heavy (non-hydrogen) atoms. The Morgan fingerprint density at radius 3 is 2.88 bits per heavy atom. The molecule has 1 aliphatic carbocycles. The molecule has 1 unspecified atom stereocenters. The summed E-state index contributed by atoms with van der Waals surface area (Å²) in [5.41, 5.74) is 8.20. The molecule has 7 heteroatoms. The van der Waals surface area contributed by atoms with Crippen LogP contribution in [0.15, 0.2) is 64.2 Å². The molecule has 2 heterocycles. The molecule has 4 nitrogen and oxygen atoms in total. The first kappa shape index (κ1) is 16.9. The van der Waals surface area contributed by atoms with Crippen LogP contribution >= 0.6 is 23.2 Å². The average molecular weight is 390 g/mol. The highest BCUT2D eigenvalue weighted by Gasteiger charge is 2.31. The normalized spacial score (nSPS) is 19.6. The predicted molar refractivity (Wildman–Crippen MR) is 104 cm³/mol. The van der Waals surface area contributed by atoms with E-state index >= 15 is 4.39 Å². The van der Waals surface area contributed by atoms with E-state index in [1.165, 1.54) is 6.08 Å². The molecule has 0 fully saturated rings. The van der Waals surface area contributed by atoms with Crippen LogP contribution in [-0.2, 0) is 0 Å². The Hall–Kier alpha value is -2.50. The van der Waals surface area contributed by atoms with Crippen LogP contribution in [0.2, 0.25) is 5.02 Å². The van der Waals surface area contributed by atoms with Crippen LogP contribution in [0.1, 0.15) is 6.42 Å². The van der Waals surface area contributed by atoms with Crippen molar-refractivity contribution in [1.29, 1.82) is 0 Å². The maximum Gasteiger partial charge on any atom is 0.215 e. The molecule has 0 spiro atoms. The molecule has 0 bridgehead atoms. The van der Waals surface area contributed by atoms with E-state index in [4.69, 9.17) is 33.4 Å². The van der Waals surface area contributed by atoms with Crippen LogP contribution in [0.5, 0.6) is 0 Å². The topological polar surface area (TPSA) is 64.1 Å². The number of nitrogens with zero attached hydrogens (tertiary/aromatic N) is 1. The number of hydrogen-bond donors (Lipinski definition) is 2. The molecule has 0 saturated carbocycles. The summed E-state index contributed by atoms with van der Waals surface area (Å²) in [6.45, 7) is 0. The van der Waals surface area contributed by atoms with Gasteiger partial charge in [0, 0.05) is 33.6 Å². The monoisotopic (exact) mass is 389 g/mol. The van der Waals surface area contributed by atoms with Crippen LogP contribution in [0.25, 0.3) is 22.2 Å². The van der Waals surface area contributed by atoms with Crippen LogP contribution in [0, 0.1) is 0 Å². The molecule has 3 N–H and O–H groups in total. The number of pyridine rings is 1. The zero-order valence-corrected chi connectivity index (χ0v) is 15.0. The van der Waals surface area contributed by atoms with Gasteiger partial charge in [-0.05, 0) is 30.4 Å². The number of fused-ring (bicyclic) bond motifs is 1. The van der Waals surface area contributed by atoms with Crippen molar-refractivity contribution in [1.82, 2.24) is 4.98 Å². The number of nitrogens with one attached hydrogen (secondary N) is 1. The minimum atomic E-state index is -1.85. The van der Waals surface area contributed by atoms with Crippen molar-refractivity contribution in [3.63, 3.8) is 0 Å². The van der Waals surface area contributed by atoms with Gasteiger partial charge in [-0.15, -0.1) is 0 Å². The zero-order valence-electron chi connectivity index (χ0n) is 13.5.